The molecule has 0 unspecified atom stereocenters. The van der Waals surface area contributed by atoms with E-state index in [2.05, 4.69) is 0 Å². The molecule has 2 nitrogen and oxygen atoms in total. The number of aryl methyl sites for hydroxylation is 2. The Morgan fingerprint density at radius 1 is 0.947 bits per heavy atom. The maximum atomic E-state index is 12.5. The van der Waals surface area contributed by atoms with Gasteiger partial charge in [0.25, 0.3) is 0 Å². The van der Waals surface area contributed by atoms with Gasteiger partial charge in [-0.2, -0.15) is 0 Å². The first kappa shape index (κ1) is 13.9. The predicted molar refractivity (Wildman–Crippen MR) is 80.2 cm³/mol. The van der Waals surface area contributed by atoms with E-state index in [0.29, 0.717) is 26.9 Å². The molecule has 0 aromatic heterocycles. The van der Waals surface area contributed by atoms with Crippen molar-refractivity contribution < 1.29 is 4.79 Å². The standard InChI is InChI=1S/C15H13Cl2NO/c1-8-5-11(14(17)6-9(8)2)15(19)12-7-10(18)3-4-13(12)16/h3-7H,18H2,1-2H3. The Morgan fingerprint density at radius 2 is 1.53 bits per heavy atom. The monoisotopic (exact) mass is 293 g/mol. The average Bonchev–Trinajstić information content (AvgIpc) is 2.36. The molecule has 0 saturated heterocycles. The molecule has 2 N–H and O–H groups in total. The first-order valence-corrected chi connectivity index (χ1v) is 6.52. The molecule has 4 heteroatoms. The van der Waals surface area contributed by atoms with Crippen LogP contribution in [0.1, 0.15) is 27.0 Å². The number of hydrogen-bond acceptors (Lipinski definition) is 2. The Bertz CT molecular complexity index is 665. The third-order valence-electron chi connectivity index (χ3n) is 3.06. The van der Waals surface area contributed by atoms with Crippen molar-refractivity contribution in [3.63, 3.8) is 0 Å². The summed E-state index contributed by atoms with van der Waals surface area (Å²) in [4.78, 5) is 12.5. The number of ketones is 1. The van der Waals surface area contributed by atoms with Crippen LogP contribution in [0.2, 0.25) is 10.0 Å². The molecule has 0 aliphatic carbocycles. The molecule has 0 radical (unpaired) electrons. The van der Waals surface area contributed by atoms with Crippen LogP contribution in [-0.2, 0) is 0 Å². The summed E-state index contributed by atoms with van der Waals surface area (Å²) in [5.74, 6) is -0.217. The third kappa shape index (κ3) is 2.75. The van der Waals surface area contributed by atoms with Crippen molar-refractivity contribution in [2.24, 2.45) is 0 Å². The van der Waals surface area contributed by atoms with Gasteiger partial charge in [0, 0.05) is 16.8 Å². The SMILES string of the molecule is Cc1cc(Cl)c(C(=O)c2cc(N)ccc2Cl)cc1C. The fourth-order valence-corrected chi connectivity index (χ4v) is 2.32. The predicted octanol–water partition coefficient (Wildman–Crippen LogP) is 4.42. The molecule has 2 aromatic carbocycles. The number of anilines is 1. The van der Waals surface area contributed by atoms with Crippen molar-refractivity contribution in [3.05, 3.63) is 62.6 Å². The molecule has 2 rings (SSSR count). The highest BCUT2D eigenvalue weighted by Crippen LogP contribution is 2.27. The van der Waals surface area contributed by atoms with Gasteiger partial charge in [-0.1, -0.05) is 23.2 Å². The van der Waals surface area contributed by atoms with Crippen molar-refractivity contribution in [3.8, 4) is 0 Å². The summed E-state index contributed by atoms with van der Waals surface area (Å²) in [6.07, 6.45) is 0. The van der Waals surface area contributed by atoms with E-state index in [1.54, 1.807) is 30.3 Å². The van der Waals surface area contributed by atoms with Gasteiger partial charge in [-0.15, -0.1) is 0 Å². The minimum atomic E-state index is -0.217. The minimum Gasteiger partial charge on any atom is -0.399 e. The Balaban J connectivity index is 2.56. The number of nitrogens with two attached hydrogens (primary N) is 1. The molecule has 0 amide bonds. The Labute approximate surface area is 122 Å². The normalized spacial score (nSPS) is 10.5. The van der Waals surface area contributed by atoms with Crippen LogP contribution in [0.4, 0.5) is 5.69 Å². The molecular formula is C15H13Cl2NO. The highest BCUT2D eigenvalue weighted by molar-refractivity contribution is 6.38. The van der Waals surface area contributed by atoms with E-state index >= 15 is 0 Å². The number of hydrogen-bond donors (Lipinski definition) is 1. The van der Waals surface area contributed by atoms with E-state index in [9.17, 15) is 4.79 Å². The lowest BCUT2D eigenvalue weighted by Crippen LogP contribution is -2.05. The van der Waals surface area contributed by atoms with Crippen LogP contribution >= 0.6 is 23.2 Å². The summed E-state index contributed by atoms with van der Waals surface area (Å²) in [6, 6.07) is 8.39. The molecule has 98 valence electrons. The van der Waals surface area contributed by atoms with Crippen LogP contribution in [0.15, 0.2) is 30.3 Å². The third-order valence-corrected chi connectivity index (χ3v) is 3.71. The molecule has 0 fully saturated rings. The summed E-state index contributed by atoms with van der Waals surface area (Å²) in [7, 11) is 0. The van der Waals surface area contributed by atoms with Crippen LogP contribution in [0.3, 0.4) is 0 Å². The van der Waals surface area contributed by atoms with E-state index in [4.69, 9.17) is 28.9 Å². The molecule has 0 aliphatic rings. The molecule has 19 heavy (non-hydrogen) atoms. The molecule has 0 aliphatic heterocycles. The second kappa shape index (κ2) is 5.24. The molecule has 0 bridgehead atoms. The minimum absolute atomic E-state index is 0.217. The van der Waals surface area contributed by atoms with Crippen molar-refractivity contribution in [2.75, 3.05) is 5.73 Å². The lowest BCUT2D eigenvalue weighted by atomic mass is 9.99. The number of nitrogen functional groups attached to an aromatic ring is 1. The lowest BCUT2D eigenvalue weighted by Gasteiger charge is -2.09. The second-order valence-electron chi connectivity index (χ2n) is 4.48. The zero-order chi connectivity index (χ0) is 14.2. The van der Waals surface area contributed by atoms with E-state index in [-0.39, 0.29) is 5.78 Å². The van der Waals surface area contributed by atoms with E-state index < -0.39 is 0 Å². The number of carbonyl (C=O) groups is 1. The molecule has 0 heterocycles. The number of benzene rings is 2. The summed E-state index contributed by atoms with van der Waals surface area (Å²) in [5, 5.41) is 0.792. The molecule has 0 saturated carbocycles. The zero-order valence-electron chi connectivity index (χ0n) is 10.6. The first-order valence-electron chi connectivity index (χ1n) is 5.76. The summed E-state index contributed by atoms with van der Waals surface area (Å²) >= 11 is 12.2. The number of rotatable bonds is 2. The van der Waals surface area contributed by atoms with Crippen LogP contribution in [-0.4, -0.2) is 5.78 Å². The average molecular weight is 294 g/mol. The van der Waals surface area contributed by atoms with Gasteiger partial charge in [0.15, 0.2) is 5.78 Å². The summed E-state index contributed by atoms with van der Waals surface area (Å²) in [6.45, 7) is 3.88. The maximum Gasteiger partial charge on any atom is 0.196 e. The van der Waals surface area contributed by atoms with Gasteiger partial charge >= 0.3 is 0 Å². The Kier molecular flexibility index (Phi) is 3.83. The van der Waals surface area contributed by atoms with Gasteiger partial charge in [0.2, 0.25) is 0 Å². The van der Waals surface area contributed by atoms with Gasteiger partial charge in [-0.3, -0.25) is 4.79 Å². The first-order chi connectivity index (χ1) is 8.90. The summed E-state index contributed by atoms with van der Waals surface area (Å²) in [5.41, 5.74) is 9.04. The largest absolute Gasteiger partial charge is 0.399 e. The Hall–Kier alpha value is -1.51. The van der Waals surface area contributed by atoms with Gasteiger partial charge in [-0.05, 0) is 55.3 Å². The number of carbonyl (C=O) groups excluding carboxylic acids is 1. The lowest BCUT2D eigenvalue weighted by molar-refractivity contribution is 0.103. The summed E-state index contributed by atoms with van der Waals surface area (Å²) < 4.78 is 0. The van der Waals surface area contributed by atoms with E-state index in [0.717, 1.165) is 11.1 Å². The topological polar surface area (TPSA) is 43.1 Å². The van der Waals surface area contributed by atoms with Crippen molar-refractivity contribution >= 4 is 34.7 Å². The highest BCUT2D eigenvalue weighted by atomic mass is 35.5. The van der Waals surface area contributed by atoms with Gasteiger partial charge in [0.1, 0.15) is 0 Å². The smallest absolute Gasteiger partial charge is 0.196 e. The van der Waals surface area contributed by atoms with Crippen LogP contribution in [0.5, 0.6) is 0 Å². The van der Waals surface area contributed by atoms with Crippen LogP contribution in [0.25, 0.3) is 0 Å². The van der Waals surface area contributed by atoms with Crippen molar-refractivity contribution in [1.29, 1.82) is 0 Å². The highest BCUT2D eigenvalue weighted by Gasteiger charge is 2.17. The van der Waals surface area contributed by atoms with Crippen molar-refractivity contribution in [1.82, 2.24) is 0 Å². The van der Waals surface area contributed by atoms with Crippen LogP contribution in [0, 0.1) is 13.8 Å². The number of halogens is 2. The van der Waals surface area contributed by atoms with E-state index in [1.807, 2.05) is 13.8 Å². The Morgan fingerprint density at radius 3 is 2.21 bits per heavy atom. The van der Waals surface area contributed by atoms with Crippen LogP contribution < -0.4 is 5.73 Å². The van der Waals surface area contributed by atoms with Gasteiger partial charge in [-0.25, -0.2) is 0 Å². The van der Waals surface area contributed by atoms with Gasteiger partial charge in [0.05, 0.1) is 10.0 Å². The van der Waals surface area contributed by atoms with Crippen molar-refractivity contribution in [2.45, 2.75) is 13.8 Å². The zero-order valence-corrected chi connectivity index (χ0v) is 12.1. The van der Waals surface area contributed by atoms with Gasteiger partial charge < -0.3 is 5.73 Å². The molecular weight excluding hydrogens is 281 g/mol. The fourth-order valence-electron chi connectivity index (χ4n) is 1.82. The fraction of sp³-hybridized carbons (Fsp3) is 0.133. The maximum absolute atomic E-state index is 12.5. The van der Waals surface area contributed by atoms with E-state index in [1.165, 1.54) is 0 Å². The quantitative estimate of drug-likeness (QED) is 0.658. The molecule has 2 aromatic rings. The second-order valence-corrected chi connectivity index (χ2v) is 5.30. The molecule has 0 atom stereocenters. The molecule has 0 spiro atoms.